The number of carbonyl (C=O) groups excluding carboxylic acids is 3. The lowest BCUT2D eigenvalue weighted by Crippen LogP contribution is -2.57. The Morgan fingerprint density at radius 1 is 1.04 bits per heavy atom. The average Bonchev–Trinajstić information content (AvgIpc) is 2.46. The molecule has 7 nitrogen and oxygen atoms in total. The summed E-state index contributed by atoms with van der Waals surface area (Å²) in [5, 5.41) is 0. The Bertz CT molecular complexity index is 436. The normalized spacial score (nSPS) is 17.5. The van der Waals surface area contributed by atoms with E-state index in [1.54, 1.807) is 23.6 Å². The van der Waals surface area contributed by atoms with Gasteiger partial charge in [-0.25, -0.2) is 9.59 Å². The minimum atomic E-state index is -0.874. The van der Waals surface area contributed by atoms with E-state index in [0.29, 0.717) is 26.2 Å². The zero-order valence-electron chi connectivity index (χ0n) is 14.8. The first-order chi connectivity index (χ1) is 10.7. The van der Waals surface area contributed by atoms with Crippen LogP contribution in [0, 0.1) is 0 Å². The molecule has 0 saturated carbocycles. The zero-order chi connectivity index (χ0) is 17.6. The number of hydrogen-bond acceptors (Lipinski definition) is 6. The van der Waals surface area contributed by atoms with Gasteiger partial charge in [0.05, 0.1) is 6.61 Å². The van der Waals surface area contributed by atoms with Crippen LogP contribution in [0.1, 0.15) is 41.0 Å². The highest BCUT2D eigenvalue weighted by Gasteiger charge is 2.36. The molecule has 0 aromatic heterocycles. The van der Waals surface area contributed by atoms with Crippen molar-refractivity contribution in [1.82, 2.24) is 9.80 Å². The van der Waals surface area contributed by atoms with Crippen molar-refractivity contribution in [2.75, 3.05) is 32.8 Å². The van der Waals surface area contributed by atoms with Gasteiger partial charge >= 0.3 is 12.1 Å². The third kappa shape index (κ3) is 5.82. The molecule has 1 amide bonds. The number of ketones is 1. The fraction of sp³-hybridized carbons (Fsp3) is 0.812. The second-order valence-corrected chi connectivity index (χ2v) is 6.48. The Hall–Kier alpha value is -1.63. The van der Waals surface area contributed by atoms with Gasteiger partial charge < -0.3 is 14.4 Å². The van der Waals surface area contributed by atoms with E-state index in [1.165, 1.54) is 0 Å². The van der Waals surface area contributed by atoms with Crippen molar-refractivity contribution in [3.8, 4) is 0 Å². The molecule has 0 bridgehead atoms. The van der Waals surface area contributed by atoms with E-state index in [0.717, 1.165) is 0 Å². The number of piperazine rings is 1. The summed E-state index contributed by atoms with van der Waals surface area (Å²) in [5.41, 5.74) is -0.542. The summed E-state index contributed by atoms with van der Waals surface area (Å²) >= 11 is 0. The van der Waals surface area contributed by atoms with Gasteiger partial charge in [-0.15, -0.1) is 0 Å². The van der Waals surface area contributed by atoms with Crippen molar-refractivity contribution in [2.24, 2.45) is 0 Å². The number of Topliss-reactive ketones (excluding diaryl/α,β-unsaturated/α-hetero) is 1. The van der Waals surface area contributed by atoms with Crippen molar-refractivity contribution in [3.05, 3.63) is 0 Å². The molecule has 1 aliphatic heterocycles. The SMILES string of the molecule is CCOC(=O)C(C(=O)CC)N1CCN(C(=O)OC(C)(C)C)CC1. The summed E-state index contributed by atoms with van der Waals surface area (Å²) in [6, 6.07) is -0.874. The molecule has 1 heterocycles. The predicted molar refractivity (Wildman–Crippen MR) is 85.1 cm³/mol. The summed E-state index contributed by atoms with van der Waals surface area (Å²) < 4.78 is 10.4. The van der Waals surface area contributed by atoms with E-state index in [1.807, 2.05) is 20.8 Å². The van der Waals surface area contributed by atoms with Gasteiger partial charge in [0.15, 0.2) is 11.8 Å². The van der Waals surface area contributed by atoms with Crippen LogP contribution in [0.2, 0.25) is 0 Å². The van der Waals surface area contributed by atoms with Crippen molar-refractivity contribution >= 4 is 17.8 Å². The van der Waals surface area contributed by atoms with E-state index < -0.39 is 17.6 Å². The van der Waals surface area contributed by atoms with Gasteiger partial charge in [-0.2, -0.15) is 0 Å². The predicted octanol–water partition coefficient (Wildman–Crippen LogP) is 1.45. The second kappa shape index (κ2) is 8.29. The highest BCUT2D eigenvalue weighted by Crippen LogP contribution is 2.14. The topological polar surface area (TPSA) is 76.2 Å². The van der Waals surface area contributed by atoms with Crippen molar-refractivity contribution in [1.29, 1.82) is 0 Å². The minimum Gasteiger partial charge on any atom is -0.464 e. The molecule has 1 unspecified atom stereocenters. The summed E-state index contributed by atoms with van der Waals surface area (Å²) in [7, 11) is 0. The van der Waals surface area contributed by atoms with Crippen molar-refractivity contribution in [2.45, 2.75) is 52.7 Å². The quantitative estimate of drug-likeness (QED) is 0.562. The largest absolute Gasteiger partial charge is 0.464 e. The maximum Gasteiger partial charge on any atom is 0.410 e. The Kier molecular flexibility index (Phi) is 7.00. The molecule has 0 aromatic carbocycles. The average molecular weight is 328 g/mol. The molecule has 0 spiro atoms. The zero-order valence-corrected chi connectivity index (χ0v) is 14.8. The number of esters is 1. The number of ether oxygens (including phenoxy) is 2. The fourth-order valence-electron chi connectivity index (χ4n) is 2.39. The van der Waals surface area contributed by atoms with Gasteiger partial charge in [0.1, 0.15) is 5.60 Å². The van der Waals surface area contributed by atoms with Gasteiger partial charge in [0.25, 0.3) is 0 Å². The van der Waals surface area contributed by atoms with Gasteiger partial charge in [0.2, 0.25) is 0 Å². The van der Waals surface area contributed by atoms with E-state index in [4.69, 9.17) is 9.47 Å². The van der Waals surface area contributed by atoms with Gasteiger partial charge in [-0.05, 0) is 27.7 Å². The van der Waals surface area contributed by atoms with Gasteiger partial charge in [-0.1, -0.05) is 6.92 Å². The monoisotopic (exact) mass is 328 g/mol. The van der Waals surface area contributed by atoms with Crippen LogP contribution in [-0.4, -0.2) is 72.1 Å². The van der Waals surface area contributed by atoms with E-state index in [9.17, 15) is 14.4 Å². The number of carbonyl (C=O) groups is 3. The lowest BCUT2D eigenvalue weighted by Gasteiger charge is -2.37. The molecule has 23 heavy (non-hydrogen) atoms. The third-order valence-electron chi connectivity index (χ3n) is 3.49. The van der Waals surface area contributed by atoms with Crippen LogP contribution in [0.15, 0.2) is 0 Å². The molecular formula is C16H28N2O5. The maximum atomic E-state index is 12.1. The van der Waals surface area contributed by atoms with Crippen LogP contribution >= 0.6 is 0 Å². The smallest absolute Gasteiger partial charge is 0.410 e. The molecule has 1 saturated heterocycles. The third-order valence-corrected chi connectivity index (χ3v) is 3.49. The highest BCUT2D eigenvalue weighted by atomic mass is 16.6. The molecule has 1 fully saturated rings. The Morgan fingerprint density at radius 3 is 2.04 bits per heavy atom. The van der Waals surface area contributed by atoms with E-state index >= 15 is 0 Å². The molecule has 132 valence electrons. The molecule has 7 heteroatoms. The first-order valence-electron chi connectivity index (χ1n) is 8.11. The standard InChI is InChI=1S/C16H28N2O5/c1-6-12(19)13(14(20)22-7-2)17-8-10-18(11-9-17)15(21)23-16(3,4)5/h13H,6-11H2,1-5H3. The number of nitrogens with zero attached hydrogens (tertiary/aromatic N) is 2. The highest BCUT2D eigenvalue weighted by molar-refractivity contribution is 6.03. The molecule has 0 radical (unpaired) electrons. The minimum absolute atomic E-state index is 0.158. The van der Waals surface area contributed by atoms with Crippen LogP contribution in [0.25, 0.3) is 0 Å². The number of amides is 1. The number of rotatable bonds is 5. The van der Waals surface area contributed by atoms with Crippen LogP contribution in [0.5, 0.6) is 0 Å². The molecule has 0 aliphatic carbocycles. The first-order valence-corrected chi connectivity index (χ1v) is 8.11. The van der Waals surface area contributed by atoms with Gasteiger partial charge in [0, 0.05) is 32.6 Å². The molecule has 1 rings (SSSR count). The lowest BCUT2D eigenvalue weighted by molar-refractivity contribution is -0.154. The number of hydrogen-bond donors (Lipinski definition) is 0. The van der Waals surface area contributed by atoms with Crippen LogP contribution in [0.4, 0.5) is 4.79 Å². The lowest BCUT2D eigenvalue weighted by atomic mass is 10.1. The van der Waals surface area contributed by atoms with Gasteiger partial charge in [-0.3, -0.25) is 9.69 Å². The summed E-state index contributed by atoms with van der Waals surface area (Å²) in [6.07, 6.45) is -0.0953. The van der Waals surface area contributed by atoms with Crippen LogP contribution in [-0.2, 0) is 19.1 Å². The summed E-state index contributed by atoms with van der Waals surface area (Å²) in [4.78, 5) is 39.6. The van der Waals surface area contributed by atoms with Crippen LogP contribution < -0.4 is 0 Å². The second-order valence-electron chi connectivity index (χ2n) is 6.48. The Labute approximate surface area is 137 Å². The first kappa shape index (κ1) is 19.4. The molecule has 1 atom stereocenters. The Balaban J connectivity index is 2.66. The van der Waals surface area contributed by atoms with Crippen molar-refractivity contribution in [3.63, 3.8) is 0 Å². The summed E-state index contributed by atoms with van der Waals surface area (Å²) in [5.74, 6) is -0.667. The van der Waals surface area contributed by atoms with Crippen molar-refractivity contribution < 1.29 is 23.9 Å². The maximum absolute atomic E-state index is 12.1. The molecular weight excluding hydrogens is 300 g/mol. The molecule has 0 N–H and O–H groups in total. The Morgan fingerprint density at radius 2 is 1.61 bits per heavy atom. The van der Waals surface area contributed by atoms with E-state index in [-0.39, 0.29) is 24.9 Å². The van der Waals surface area contributed by atoms with E-state index in [2.05, 4.69) is 0 Å². The molecule has 0 aromatic rings. The fourth-order valence-corrected chi connectivity index (χ4v) is 2.39. The molecule has 1 aliphatic rings. The van der Waals surface area contributed by atoms with Crippen LogP contribution in [0.3, 0.4) is 0 Å². The summed E-state index contributed by atoms with van der Waals surface area (Å²) in [6.45, 7) is 10.8.